The Morgan fingerprint density at radius 3 is 2.62 bits per heavy atom. The topological polar surface area (TPSA) is 87.7 Å². The smallest absolute Gasteiger partial charge is 0.329 e. The predicted octanol–water partition coefficient (Wildman–Crippen LogP) is 4.26. The molecule has 4 rings (SSSR count). The summed E-state index contributed by atoms with van der Waals surface area (Å²) in [6.07, 6.45) is 1.62. The molecule has 1 aromatic heterocycles. The van der Waals surface area contributed by atoms with Gasteiger partial charge in [-0.25, -0.2) is 9.69 Å². The van der Waals surface area contributed by atoms with Gasteiger partial charge in [-0.15, -0.1) is 11.3 Å². The first-order valence-electron chi connectivity index (χ1n) is 9.87. The van der Waals surface area contributed by atoms with Crippen LogP contribution in [0, 0.1) is 6.92 Å². The first-order valence-corrected chi connectivity index (χ1v) is 10.7. The number of imide groups is 1. The molecule has 1 aliphatic heterocycles. The maximum Gasteiger partial charge on any atom is 0.329 e. The van der Waals surface area contributed by atoms with Crippen molar-refractivity contribution in [2.75, 3.05) is 19.0 Å². The fourth-order valence-corrected chi connectivity index (χ4v) is 4.14. The van der Waals surface area contributed by atoms with Crippen molar-refractivity contribution in [2.45, 2.75) is 6.92 Å². The van der Waals surface area contributed by atoms with Crippen LogP contribution in [0.4, 0.5) is 10.5 Å². The average molecular weight is 448 g/mol. The monoisotopic (exact) mass is 447 g/mol. The van der Waals surface area contributed by atoms with Gasteiger partial charge in [0.05, 0.1) is 7.11 Å². The Hall–Kier alpha value is -3.91. The number of carbonyl (C=O) groups excluding carboxylic acids is 3. The summed E-state index contributed by atoms with van der Waals surface area (Å²) in [6, 6.07) is 16.3. The van der Waals surface area contributed by atoms with Crippen LogP contribution in [0.5, 0.6) is 5.75 Å². The molecule has 0 atom stereocenters. The van der Waals surface area contributed by atoms with Gasteiger partial charge in [0.2, 0.25) is 5.91 Å². The number of anilines is 1. The van der Waals surface area contributed by atoms with E-state index in [-0.39, 0.29) is 12.2 Å². The van der Waals surface area contributed by atoms with Crippen molar-refractivity contribution in [3.63, 3.8) is 0 Å². The molecule has 2 heterocycles. The maximum absolute atomic E-state index is 12.7. The molecule has 7 nitrogen and oxygen atoms in total. The zero-order valence-corrected chi connectivity index (χ0v) is 18.4. The molecule has 0 spiro atoms. The summed E-state index contributed by atoms with van der Waals surface area (Å²) in [5, 5.41) is 7.23. The zero-order chi connectivity index (χ0) is 22.7. The summed E-state index contributed by atoms with van der Waals surface area (Å²) in [6.45, 7) is 1.55. The normalized spacial score (nSPS) is 14.6. The second-order valence-electron chi connectivity index (χ2n) is 7.26. The van der Waals surface area contributed by atoms with Crippen LogP contribution in [0.3, 0.4) is 0 Å². The van der Waals surface area contributed by atoms with Crippen LogP contribution in [0.15, 0.2) is 65.7 Å². The van der Waals surface area contributed by atoms with Gasteiger partial charge in [-0.05, 0) is 65.4 Å². The summed E-state index contributed by atoms with van der Waals surface area (Å²) in [7, 11) is 1.62. The van der Waals surface area contributed by atoms with Gasteiger partial charge in [-0.1, -0.05) is 24.3 Å². The maximum atomic E-state index is 12.7. The predicted molar refractivity (Wildman–Crippen MR) is 124 cm³/mol. The van der Waals surface area contributed by atoms with Crippen molar-refractivity contribution < 1.29 is 19.1 Å². The number of urea groups is 1. The largest absolute Gasteiger partial charge is 0.497 e. The van der Waals surface area contributed by atoms with Crippen molar-refractivity contribution in [2.24, 2.45) is 0 Å². The third kappa shape index (κ3) is 4.70. The van der Waals surface area contributed by atoms with Crippen LogP contribution in [0.25, 0.3) is 17.2 Å². The van der Waals surface area contributed by atoms with Crippen LogP contribution in [0.2, 0.25) is 0 Å². The molecule has 162 valence electrons. The number of nitrogens with zero attached hydrogens (tertiary/aromatic N) is 1. The Kier molecular flexibility index (Phi) is 6.04. The van der Waals surface area contributed by atoms with E-state index in [0.717, 1.165) is 32.2 Å². The van der Waals surface area contributed by atoms with Gasteiger partial charge in [0.1, 0.15) is 18.0 Å². The third-order valence-electron chi connectivity index (χ3n) is 4.90. The van der Waals surface area contributed by atoms with E-state index >= 15 is 0 Å². The quantitative estimate of drug-likeness (QED) is 0.437. The van der Waals surface area contributed by atoms with E-state index in [2.05, 4.69) is 10.6 Å². The Morgan fingerprint density at radius 2 is 1.91 bits per heavy atom. The molecule has 3 aromatic rings. The number of nitrogens with one attached hydrogen (secondary N) is 2. The first-order chi connectivity index (χ1) is 15.4. The van der Waals surface area contributed by atoms with Gasteiger partial charge in [-0.3, -0.25) is 9.59 Å². The van der Waals surface area contributed by atoms with Crippen molar-refractivity contribution in [1.82, 2.24) is 10.2 Å². The molecule has 0 radical (unpaired) electrons. The van der Waals surface area contributed by atoms with Crippen LogP contribution in [-0.4, -0.2) is 36.4 Å². The molecule has 32 heavy (non-hydrogen) atoms. The SMILES string of the molecule is COc1ccc(-c2csc(/C=C3\NC(=O)N(CC(=O)Nc4cccc(C)c4)C3=O)c2)cc1. The molecule has 1 aliphatic rings. The highest BCUT2D eigenvalue weighted by atomic mass is 32.1. The second kappa shape index (κ2) is 9.07. The molecule has 8 heteroatoms. The van der Waals surface area contributed by atoms with Gasteiger partial charge in [0, 0.05) is 10.6 Å². The lowest BCUT2D eigenvalue weighted by atomic mass is 10.1. The summed E-state index contributed by atoms with van der Waals surface area (Å²) < 4.78 is 5.18. The van der Waals surface area contributed by atoms with Crippen molar-refractivity contribution in [3.05, 3.63) is 76.1 Å². The van der Waals surface area contributed by atoms with E-state index in [1.54, 1.807) is 19.3 Å². The Labute approximate surface area is 189 Å². The van der Waals surface area contributed by atoms with Gasteiger partial charge in [0.15, 0.2) is 0 Å². The summed E-state index contributed by atoms with van der Waals surface area (Å²) in [4.78, 5) is 39.0. The lowest BCUT2D eigenvalue weighted by molar-refractivity contribution is -0.127. The number of thiophene rings is 1. The van der Waals surface area contributed by atoms with Crippen molar-refractivity contribution in [3.8, 4) is 16.9 Å². The van der Waals surface area contributed by atoms with E-state index in [4.69, 9.17) is 4.74 Å². The Morgan fingerprint density at radius 1 is 1.12 bits per heavy atom. The highest BCUT2D eigenvalue weighted by Gasteiger charge is 2.35. The standard InChI is InChI=1S/C24H21N3O4S/c1-15-4-3-5-18(10-15)25-22(28)13-27-23(29)21(26-24(27)30)12-20-11-17(14-32-20)16-6-8-19(31-2)9-7-16/h3-12,14H,13H2,1-2H3,(H,25,28)(H,26,30)/b21-12-. The lowest BCUT2D eigenvalue weighted by Gasteiger charge is -2.12. The molecular weight excluding hydrogens is 426 g/mol. The number of aryl methyl sites for hydroxylation is 1. The van der Waals surface area contributed by atoms with E-state index in [1.165, 1.54) is 11.3 Å². The number of amides is 4. The van der Waals surface area contributed by atoms with Gasteiger partial charge in [0.25, 0.3) is 5.91 Å². The number of benzene rings is 2. The number of methoxy groups -OCH3 is 1. The van der Waals surface area contributed by atoms with E-state index in [9.17, 15) is 14.4 Å². The molecule has 2 aromatic carbocycles. The zero-order valence-electron chi connectivity index (χ0n) is 17.5. The van der Waals surface area contributed by atoms with E-state index < -0.39 is 17.8 Å². The number of hydrogen-bond donors (Lipinski definition) is 2. The fourth-order valence-electron chi connectivity index (χ4n) is 3.29. The molecule has 1 saturated heterocycles. The molecule has 0 unspecified atom stereocenters. The van der Waals surface area contributed by atoms with Gasteiger partial charge >= 0.3 is 6.03 Å². The Bertz CT molecular complexity index is 1210. The highest BCUT2D eigenvalue weighted by Crippen LogP contribution is 2.29. The molecule has 0 bridgehead atoms. The summed E-state index contributed by atoms with van der Waals surface area (Å²) in [5.41, 5.74) is 3.76. The highest BCUT2D eigenvalue weighted by molar-refractivity contribution is 7.11. The second-order valence-corrected chi connectivity index (χ2v) is 8.21. The van der Waals surface area contributed by atoms with Crippen LogP contribution < -0.4 is 15.4 Å². The van der Waals surface area contributed by atoms with Crippen molar-refractivity contribution >= 4 is 40.9 Å². The molecule has 4 amide bonds. The number of rotatable bonds is 6. The van der Waals surface area contributed by atoms with E-state index in [1.807, 2.05) is 60.8 Å². The number of ether oxygens (including phenoxy) is 1. The van der Waals surface area contributed by atoms with E-state index in [0.29, 0.717) is 5.69 Å². The first kappa shape index (κ1) is 21.3. The third-order valence-corrected chi connectivity index (χ3v) is 5.78. The summed E-state index contributed by atoms with van der Waals surface area (Å²) in [5.74, 6) is -0.204. The molecule has 2 N–H and O–H groups in total. The number of hydrogen-bond acceptors (Lipinski definition) is 5. The van der Waals surface area contributed by atoms with Crippen LogP contribution >= 0.6 is 11.3 Å². The van der Waals surface area contributed by atoms with Gasteiger partial charge in [-0.2, -0.15) is 0 Å². The lowest BCUT2D eigenvalue weighted by Crippen LogP contribution is -2.38. The van der Waals surface area contributed by atoms with Crippen molar-refractivity contribution in [1.29, 1.82) is 0 Å². The fraction of sp³-hybridized carbons (Fsp3) is 0.125. The molecule has 0 saturated carbocycles. The Balaban J connectivity index is 1.44. The molecular formula is C24H21N3O4S. The average Bonchev–Trinajstić information content (AvgIpc) is 3.34. The number of carbonyl (C=O) groups is 3. The molecule has 1 fully saturated rings. The van der Waals surface area contributed by atoms with Crippen LogP contribution in [0.1, 0.15) is 10.4 Å². The van der Waals surface area contributed by atoms with Crippen LogP contribution in [-0.2, 0) is 9.59 Å². The minimum atomic E-state index is -0.618. The van der Waals surface area contributed by atoms with Gasteiger partial charge < -0.3 is 15.4 Å². The summed E-state index contributed by atoms with van der Waals surface area (Å²) >= 11 is 1.45. The molecule has 0 aliphatic carbocycles. The minimum Gasteiger partial charge on any atom is -0.497 e. The minimum absolute atomic E-state index is 0.140.